The number of sulfonamides is 1. The number of nitrogens with one attached hydrogen (secondary N) is 1. The van der Waals surface area contributed by atoms with Gasteiger partial charge in [-0.15, -0.1) is 0 Å². The van der Waals surface area contributed by atoms with Crippen LogP contribution in [0.15, 0.2) is 94.7 Å². The van der Waals surface area contributed by atoms with Crippen molar-refractivity contribution in [2.24, 2.45) is 0 Å². The number of carbonyl (C=O) groups excluding carboxylic acids is 2. The van der Waals surface area contributed by atoms with Crippen LogP contribution < -0.4 is 10.3 Å². The number of nitrogens with zero attached hydrogens (tertiary/aromatic N) is 3. The molecule has 0 saturated heterocycles. The summed E-state index contributed by atoms with van der Waals surface area (Å²) < 4.78 is 52.6. The van der Waals surface area contributed by atoms with Crippen LogP contribution in [0, 0.1) is 5.82 Å². The number of halogens is 1. The zero-order valence-corrected chi connectivity index (χ0v) is 27.6. The second-order valence-electron chi connectivity index (χ2n) is 11.3. The molecule has 0 bridgehead atoms. The molecule has 1 amide bonds. The topological polar surface area (TPSA) is 129 Å². The highest BCUT2D eigenvalue weighted by Crippen LogP contribution is 2.29. The molecule has 1 N–H and O–H groups in total. The molecule has 48 heavy (non-hydrogen) atoms. The van der Waals surface area contributed by atoms with Crippen LogP contribution in [0.3, 0.4) is 0 Å². The Kier molecular flexibility index (Phi) is 10.8. The summed E-state index contributed by atoms with van der Waals surface area (Å²) in [5.74, 6) is -1.20. The molecule has 0 aliphatic carbocycles. The van der Waals surface area contributed by atoms with E-state index in [1.54, 1.807) is 41.8 Å². The Morgan fingerprint density at radius 3 is 2.44 bits per heavy atom. The first-order valence-corrected chi connectivity index (χ1v) is 17.3. The van der Waals surface area contributed by atoms with Gasteiger partial charge in [0.1, 0.15) is 23.7 Å². The first-order valence-electron chi connectivity index (χ1n) is 15.8. The maximum atomic E-state index is 15.9. The Labute approximate surface area is 278 Å². The molecular weight excluding hydrogens is 635 g/mol. The van der Waals surface area contributed by atoms with E-state index in [4.69, 9.17) is 4.74 Å². The summed E-state index contributed by atoms with van der Waals surface area (Å²) in [5.41, 5.74) is 1.93. The quantitative estimate of drug-likeness (QED) is 0.157. The molecule has 5 aromatic rings. The van der Waals surface area contributed by atoms with Crippen LogP contribution in [0.5, 0.6) is 0 Å². The van der Waals surface area contributed by atoms with Crippen LogP contribution >= 0.6 is 0 Å². The van der Waals surface area contributed by atoms with Gasteiger partial charge in [0.05, 0.1) is 23.6 Å². The number of imidazole rings is 1. The molecule has 3 aromatic carbocycles. The van der Waals surface area contributed by atoms with Gasteiger partial charge in [0, 0.05) is 30.2 Å². The molecule has 0 aliphatic heterocycles. The molecule has 10 nitrogen and oxygen atoms in total. The predicted octanol–water partition coefficient (Wildman–Crippen LogP) is 5.40. The van der Waals surface area contributed by atoms with Crippen LogP contribution in [-0.2, 0) is 50.3 Å². The van der Waals surface area contributed by atoms with Gasteiger partial charge >= 0.3 is 5.97 Å². The second-order valence-corrected chi connectivity index (χ2v) is 13.0. The maximum absolute atomic E-state index is 15.9. The first kappa shape index (κ1) is 34.2. The number of rotatable bonds is 14. The third-order valence-corrected chi connectivity index (χ3v) is 9.34. The maximum Gasteiger partial charge on any atom is 0.326 e. The summed E-state index contributed by atoms with van der Waals surface area (Å²) in [5, 5.41) is 0. The van der Waals surface area contributed by atoms with E-state index < -0.39 is 33.3 Å². The number of ether oxygens (including phenoxy) is 1. The monoisotopic (exact) mass is 672 g/mol. The van der Waals surface area contributed by atoms with Gasteiger partial charge in [0.25, 0.3) is 15.6 Å². The third kappa shape index (κ3) is 7.88. The number of esters is 1. The van der Waals surface area contributed by atoms with E-state index >= 15 is 4.39 Å². The Hall–Kier alpha value is -5.10. The fourth-order valence-corrected chi connectivity index (χ4v) is 6.75. The van der Waals surface area contributed by atoms with Crippen LogP contribution in [0.4, 0.5) is 4.39 Å². The first-order chi connectivity index (χ1) is 23.1. The summed E-state index contributed by atoms with van der Waals surface area (Å²) in [6, 6.07) is 21.4. The number of amides is 1. The molecule has 0 atom stereocenters. The lowest BCUT2D eigenvalue weighted by molar-refractivity contribution is -0.143. The van der Waals surface area contributed by atoms with Crippen LogP contribution in [-0.4, -0.2) is 41.0 Å². The Morgan fingerprint density at radius 2 is 1.71 bits per heavy atom. The standard InChI is InChI=1S/C36H37FN4O6S/c1-3-5-15-32-38-30-20-21-40(24-34(43)47-4-2)36(44)35(30)41(32)23-27-18-17-26(22-29(27)37)28-13-9-10-14-31(28)48(45,46)39-33(42)19-16-25-11-7-6-8-12-25/h6-14,17-18,20-22H,3-5,15-16,19,23-24H2,1-2H3,(H,39,42). The van der Waals surface area contributed by atoms with Gasteiger partial charge in [0.2, 0.25) is 5.91 Å². The van der Waals surface area contributed by atoms with Crippen molar-refractivity contribution in [2.75, 3.05) is 6.61 Å². The number of carbonyl (C=O) groups is 2. The van der Waals surface area contributed by atoms with Gasteiger partial charge in [-0.1, -0.05) is 74.0 Å². The Balaban J connectivity index is 1.43. The lowest BCUT2D eigenvalue weighted by atomic mass is 10.0. The number of benzene rings is 3. The lowest BCUT2D eigenvalue weighted by Gasteiger charge is -2.14. The van der Waals surface area contributed by atoms with Crippen LogP contribution in [0.2, 0.25) is 0 Å². The van der Waals surface area contributed by atoms with E-state index in [-0.39, 0.29) is 47.7 Å². The highest BCUT2D eigenvalue weighted by Gasteiger charge is 2.23. The van der Waals surface area contributed by atoms with E-state index in [1.807, 2.05) is 37.3 Å². The molecule has 0 spiro atoms. The van der Waals surface area contributed by atoms with Gasteiger partial charge < -0.3 is 13.9 Å². The summed E-state index contributed by atoms with van der Waals surface area (Å²) in [4.78, 5) is 42.8. The lowest BCUT2D eigenvalue weighted by Crippen LogP contribution is -2.31. The second kappa shape index (κ2) is 15.2. The van der Waals surface area contributed by atoms with Gasteiger partial charge in [-0.05, 0) is 49.1 Å². The van der Waals surface area contributed by atoms with Crippen molar-refractivity contribution >= 4 is 32.9 Å². The molecule has 0 unspecified atom stereocenters. The highest BCUT2D eigenvalue weighted by molar-refractivity contribution is 7.90. The zero-order valence-electron chi connectivity index (χ0n) is 26.8. The van der Waals surface area contributed by atoms with Gasteiger partial charge in [-0.2, -0.15) is 0 Å². The summed E-state index contributed by atoms with van der Waals surface area (Å²) in [6.45, 7) is 3.62. The van der Waals surface area contributed by atoms with E-state index in [9.17, 15) is 22.8 Å². The van der Waals surface area contributed by atoms with Crippen molar-refractivity contribution in [1.29, 1.82) is 0 Å². The average Bonchev–Trinajstić information content (AvgIpc) is 3.43. The molecule has 5 rings (SSSR count). The summed E-state index contributed by atoms with van der Waals surface area (Å²) >= 11 is 0. The molecule has 0 saturated carbocycles. The number of aryl methyl sites for hydroxylation is 2. The van der Waals surface area contributed by atoms with E-state index in [0.717, 1.165) is 18.4 Å². The molecule has 0 aliphatic rings. The number of unbranched alkanes of at least 4 members (excludes halogenated alkanes) is 1. The molecule has 2 heterocycles. The van der Waals surface area contributed by atoms with Crippen molar-refractivity contribution in [1.82, 2.24) is 18.8 Å². The fraction of sp³-hybridized carbons (Fsp3) is 0.278. The van der Waals surface area contributed by atoms with Gasteiger partial charge in [-0.25, -0.2) is 22.5 Å². The highest BCUT2D eigenvalue weighted by atomic mass is 32.2. The van der Waals surface area contributed by atoms with Crippen LogP contribution in [0.25, 0.3) is 22.2 Å². The minimum absolute atomic E-state index is 0.0161. The van der Waals surface area contributed by atoms with E-state index in [0.29, 0.717) is 29.7 Å². The molecule has 0 fully saturated rings. The van der Waals surface area contributed by atoms with E-state index in [2.05, 4.69) is 9.71 Å². The fourth-order valence-electron chi connectivity index (χ4n) is 5.50. The van der Waals surface area contributed by atoms with Crippen LogP contribution in [0.1, 0.15) is 50.1 Å². The zero-order chi connectivity index (χ0) is 34.3. The van der Waals surface area contributed by atoms with E-state index in [1.165, 1.54) is 29.0 Å². The van der Waals surface area contributed by atoms with Gasteiger partial charge in [-0.3, -0.25) is 14.4 Å². The predicted molar refractivity (Wildman–Crippen MR) is 180 cm³/mol. The summed E-state index contributed by atoms with van der Waals surface area (Å²) in [6.07, 6.45) is 4.10. The minimum atomic E-state index is -4.27. The molecule has 2 aromatic heterocycles. The molecule has 0 radical (unpaired) electrons. The molecule has 12 heteroatoms. The SMILES string of the molecule is CCCCc1nc2ccn(CC(=O)OCC)c(=O)c2n1Cc1ccc(-c2ccccc2S(=O)(=O)NC(=O)CCc2ccccc2)cc1F. The Morgan fingerprint density at radius 1 is 0.958 bits per heavy atom. The molecular formula is C36H37FN4O6S. The van der Waals surface area contributed by atoms with Crippen molar-refractivity contribution in [3.8, 4) is 11.1 Å². The Bertz CT molecular complexity index is 2110. The number of hydrogen-bond donors (Lipinski definition) is 1. The van der Waals surface area contributed by atoms with Crippen molar-refractivity contribution in [3.63, 3.8) is 0 Å². The third-order valence-electron chi connectivity index (χ3n) is 7.91. The summed E-state index contributed by atoms with van der Waals surface area (Å²) in [7, 11) is -4.27. The smallest absolute Gasteiger partial charge is 0.326 e. The van der Waals surface area contributed by atoms with Crippen molar-refractivity contribution in [3.05, 3.63) is 118 Å². The number of pyridine rings is 1. The minimum Gasteiger partial charge on any atom is -0.465 e. The van der Waals surface area contributed by atoms with Crippen molar-refractivity contribution in [2.45, 2.75) is 63.9 Å². The normalized spacial score (nSPS) is 11.5. The number of fused-ring (bicyclic) bond motifs is 1. The average molecular weight is 673 g/mol. The van der Waals surface area contributed by atoms with Gasteiger partial charge in [0.15, 0.2) is 0 Å². The number of aromatic nitrogens is 3. The molecule has 250 valence electrons. The number of hydrogen-bond acceptors (Lipinski definition) is 7. The van der Waals surface area contributed by atoms with Crippen molar-refractivity contribution < 1.29 is 27.1 Å². The largest absolute Gasteiger partial charge is 0.465 e.